The van der Waals surface area contributed by atoms with Gasteiger partial charge in [0.1, 0.15) is 0 Å². The topological polar surface area (TPSA) is 27.1 Å². The van der Waals surface area contributed by atoms with Gasteiger partial charge in [0.2, 0.25) is 0 Å². The number of fused-ring (bicyclic) bond motifs is 1. The number of hydrogen-bond donors (Lipinski definition) is 0. The van der Waals surface area contributed by atoms with Crippen LogP contribution in [0.4, 0.5) is 0 Å². The average Bonchev–Trinajstić information content (AvgIpc) is 2.74. The molecule has 19 heavy (non-hydrogen) atoms. The smallest absolute Gasteiger partial charge is 0.302 e. The van der Waals surface area contributed by atoms with Crippen molar-refractivity contribution in [2.45, 2.75) is 38.1 Å². The summed E-state index contributed by atoms with van der Waals surface area (Å²) >= 11 is 3.55. The molecule has 1 heterocycles. The SMILES string of the molecule is C=C(C)n1c(OC(Br)CCCC)nc2ccccc21. The Hall–Kier alpha value is -1.29. The molecule has 2 rings (SSSR count). The lowest BCUT2D eigenvalue weighted by Crippen LogP contribution is -2.11. The van der Waals surface area contributed by atoms with Crippen molar-refractivity contribution in [1.82, 2.24) is 9.55 Å². The largest absolute Gasteiger partial charge is 0.449 e. The Morgan fingerprint density at radius 3 is 2.89 bits per heavy atom. The van der Waals surface area contributed by atoms with Gasteiger partial charge >= 0.3 is 6.01 Å². The van der Waals surface area contributed by atoms with Gasteiger partial charge in [-0.15, -0.1) is 0 Å². The molecule has 2 aromatic rings. The number of unbranched alkanes of at least 4 members (excludes halogenated alkanes) is 1. The number of alkyl halides is 1. The molecule has 1 aromatic carbocycles. The van der Waals surface area contributed by atoms with E-state index in [9.17, 15) is 0 Å². The number of allylic oxidation sites excluding steroid dienone is 1. The van der Waals surface area contributed by atoms with E-state index in [0.29, 0.717) is 6.01 Å². The molecule has 0 spiro atoms. The van der Waals surface area contributed by atoms with E-state index in [0.717, 1.165) is 36.0 Å². The number of ether oxygens (including phenoxy) is 1. The molecule has 0 saturated heterocycles. The maximum absolute atomic E-state index is 5.90. The molecule has 1 atom stereocenters. The third-order valence-corrected chi connectivity index (χ3v) is 3.57. The Morgan fingerprint density at radius 2 is 2.21 bits per heavy atom. The molecule has 0 radical (unpaired) electrons. The molecule has 0 aliphatic carbocycles. The summed E-state index contributed by atoms with van der Waals surface area (Å²) in [4.78, 5) is 4.53. The summed E-state index contributed by atoms with van der Waals surface area (Å²) < 4.78 is 7.86. The Kier molecular flexibility index (Phi) is 4.64. The highest BCUT2D eigenvalue weighted by Gasteiger charge is 2.15. The second kappa shape index (κ2) is 6.24. The fourth-order valence-corrected chi connectivity index (χ4v) is 2.48. The zero-order valence-electron chi connectivity index (χ0n) is 11.4. The van der Waals surface area contributed by atoms with Gasteiger partial charge in [-0.25, -0.2) is 0 Å². The Morgan fingerprint density at radius 1 is 1.47 bits per heavy atom. The highest BCUT2D eigenvalue weighted by atomic mass is 79.9. The van der Waals surface area contributed by atoms with Crippen LogP contribution in [0.25, 0.3) is 16.7 Å². The lowest BCUT2D eigenvalue weighted by molar-refractivity contribution is 0.255. The predicted molar refractivity (Wildman–Crippen MR) is 83.6 cm³/mol. The van der Waals surface area contributed by atoms with Crippen LogP contribution < -0.4 is 4.74 Å². The standard InChI is InChI=1S/C15H19BrN2O/c1-4-5-10-14(16)19-15-17-12-8-6-7-9-13(12)18(15)11(2)3/h6-9,14H,2,4-5,10H2,1,3H3. The number of hydrogen-bond acceptors (Lipinski definition) is 2. The van der Waals surface area contributed by atoms with Crippen molar-refractivity contribution in [3.05, 3.63) is 30.8 Å². The van der Waals surface area contributed by atoms with Gasteiger partial charge in [-0.1, -0.05) is 32.1 Å². The fraction of sp³-hybridized carbons (Fsp3) is 0.400. The van der Waals surface area contributed by atoms with Crippen LogP contribution >= 0.6 is 15.9 Å². The minimum absolute atomic E-state index is 0.0117. The highest BCUT2D eigenvalue weighted by molar-refractivity contribution is 9.09. The minimum Gasteiger partial charge on any atom is -0.449 e. The molecular weight excluding hydrogens is 304 g/mol. The van der Waals surface area contributed by atoms with Crippen molar-refractivity contribution in [3.8, 4) is 6.01 Å². The molecule has 0 fully saturated rings. The van der Waals surface area contributed by atoms with Crippen LogP contribution in [0, 0.1) is 0 Å². The first kappa shape index (κ1) is 14.1. The highest BCUT2D eigenvalue weighted by Crippen LogP contribution is 2.27. The number of imidazole rings is 1. The van der Waals surface area contributed by atoms with Crippen LogP contribution in [0.3, 0.4) is 0 Å². The summed E-state index contributed by atoms with van der Waals surface area (Å²) in [5, 5.41) is -0.0117. The fourth-order valence-electron chi connectivity index (χ4n) is 1.99. The molecule has 1 aromatic heterocycles. The number of rotatable bonds is 6. The number of halogens is 1. The van der Waals surface area contributed by atoms with Crippen molar-refractivity contribution in [2.75, 3.05) is 0 Å². The van der Waals surface area contributed by atoms with Crippen molar-refractivity contribution < 1.29 is 4.74 Å². The van der Waals surface area contributed by atoms with Crippen LogP contribution in [0.15, 0.2) is 30.8 Å². The average molecular weight is 323 g/mol. The molecule has 3 nitrogen and oxygen atoms in total. The van der Waals surface area contributed by atoms with Gasteiger partial charge in [-0.3, -0.25) is 4.57 Å². The van der Waals surface area contributed by atoms with Gasteiger partial charge in [0.15, 0.2) is 5.01 Å². The summed E-state index contributed by atoms with van der Waals surface area (Å²) in [7, 11) is 0. The quantitative estimate of drug-likeness (QED) is 0.713. The summed E-state index contributed by atoms with van der Waals surface area (Å²) in [6.07, 6.45) is 3.25. The van der Waals surface area contributed by atoms with Crippen LogP contribution in [0.1, 0.15) is 33.1 Å². The van der Waals surface area contributed by atoms with E-state index < -0.39 is 0 Å². The summed E-state index contributed by atoms with van der Waals surface area (Å²) in [6.45, 7) is 8.13. The lowest BCUT2D eigenvalue weighted by atomic mass is 10.3. The van der Waals surface area contributed by atoms with Crippen molar-refractivity contribution in [3.63, 3.8) is 0 Å². The normalized spacial score (nSPS) is 12.6. The molecular formula is C15H19BrN2O. The van der Waals surface area contributed by atoms with Crippen LogP contribution in [-0.4, -0.2) is 14.6 Å². The zero-order chi connectivity index (χ0) is 13.8. The number of para-hydroxylation sites is 2. The Balaban J connectivity index is 2.31. The third-order valence-electron chi connectivity index (χ3n) is 2.93. The monoisotopic (exact) mass is 322 g/mol. The molecule has 0 bridgehead atoms. The Bertz CT molecular complexity index is 577. The summed E-state index contributed by atoms with van der Waals surface area (Å²) in [5.41, 5.74) is 2.86. The third kappa shape index (κ3) is 3.18. The number of nitrogens with zero attached hydrogens (tertiary/aromatic N) is 2. The first-order chi connectivity index (χ1) is 9.13. The van der Waals surface area contributed by atoms with E-state index in [4.69, 9.17) is 4.74 Å². The van der Waals surface area contributed by atoms with Crippen molar-refractivity contribution >= 4 is 32.7 Å². The summed E-state index contributed by atoms with van der Waals surface area (Å²) in [6, 6.07) is 8.59. The lowest BCUT2D eigenvalue weighted by Gasteiger charge is -2.13. The summed E-state index contributed by atoms with van der Waals surface area (Å²) in [5.74, 6) is 0. The molecule has 0 saturated carbocycles. The molecule has 0 aliphatic rings. The van der Waals surface area contributed by atoms with E-state index in [2.05, 4.69) is 34.4 Å². The van der Waals surface area contributed by atoms with Crippen molar-refractivity contribution in [2.24, 2.45) is 0 Å². The second-order valence-corrected chi connectivity index (χ2v) is 5.65. The zero-order valence-corrected chi connectivity index (χ0v) is 13.0. The van der Waals surface area contributed by atoms with E-state index in [1.807, 2.05) is 35.8 Å². The van der Waals surface area contributed by atoms with E-state index in [1.165, 1.54) is 0 Å². The van der Waals surface area contributed by atoms with Crippen LogP contribution in [-0.2, 0) is 0 Å². The van der Waals surface area contributed by atoms with Gasteiger partial charge in [0, 0.05) is 5.70 Å². The van der Waals surface area contributed by atoms with Gasteiger partial charge in [0.25, 0.3) is 0 Å². The molecule has 1 unspecified atom stereocenters. The van der Waals surface area contributed by atoms with E-state index in [-0.39, 0.29) is 5.01 Å². The van der Waals surface area contributed by atoms with Gasteiger partial charge in [-0.05, 0) is 47.8 Å². The number of benzene rings is 1. The van der Waals surface area contributed by atoms with E-state index in [1.54, 1.807) is 0 Å². The van der Waals surface area contributed by atoms with Gasteiger partial charge in [-0.2, -0.15) is 4.98 Å². The van der Waals surface area contributed by atoms with Crippen molar-refractivity contribution in [1.29, 1.82) is 0 Å². The second-order valence-electron chi connectivity index (χ2n) is 4.62. The van der Waals surface area contributed by atoms with Crippen LogP contribution in [0.2, 0.25) is 0 Å². The Labute approximate surface area is 122 Å². The maximum atomic E-state index is 5.90. The molecule has 0 amide bonds. The van der Waals surface area contributed by atoms with E-state index >= 15 is 0 Å². The molecule has 102 valence electrons. The number of aromatic nitrogens is 2. The molecule has 0 aliphatic heterocycles. The minimum atomic E-state index is -0.0117. The molecule has 4 heteroatoms. The first-order valence-electron chi connectivity index (χ1n) is 6.57. The van der Waals surface area contributed by atoms with Gasteiger partial charge < -0.3 is 4.74 Å². The molecule has 0 N–H and O–H groups in total. The van der Waals surface area contributed by atoms with Gasteiger partial charge in [0.05, 0.1) is 11.0 Å². The maximum Gasteiger partial charge on any atom is 0.302 e. The first-order valence-corrected chi connectivity index (χ1v) is 7.49. The predicted octanol–water partition coefficient (Wildman–Crippen LogP) is 4.82. The van der Waals surface area contributed by atoms with Crippen LogP contribution in [0.5, 0.6) is 6.01 Å².